The summed E-state index contributed by atoms with van der Waals surface area (Å²) < 4.78 is 16.1. The monoisotopic (exact) mass is 265 g/mol. The zero-order valence-corrected chi connectivity index (χ0v) is 11.5. The van der Waals surface area contributed by atoms with Gasteiger partial charge in [0, 0.05) is 13.2 Å². The fourth-order valence-electron chi connectivity index (χ4n) is 2.47. The molecule has 0 spiro atoms. The zero-order chi connectivity index (χ0) is 13.5. The minimum Gasteiger partial charge on any atom is -0.493 e. The first kappa shape index (κ1) is 14.3. The van der Waals surface area contributed by atoms with Crippen molar-refractivity contribution in [2.24, 2.45) is 5.73 Å². The molecule has 2 atom stereocenters. The molecule has 0 aromatic heterocycles. The van der Waals surface area contributed by atoms with E-state index in [4.69, 9.17) is 19.9 Å². The molecule has 0 fully saturated rings. The molecule has 1 heterocycles. The van der Waals surface area contributed by atoms with Crippen LogP contribution in [0.1, 0.15) is 24.3 Å². The largest absolute Gasteiger partial charge is 0.493 e. The molecule has 0 saturated heterocycles. The van der Waals surface area contributed by atoms with Gasteiger partial charge in [-0.3, -0.25) is 0 Å². The van der Waals surface area contributed by atoms with E-state index < -0.39 is 0 Å². The van der Waals surface area contributed by atoms with E-state index >= 15 is 0 Å². The highest BCUT2D eigenvalue weighted by Gasteiger charge is 2.22. The van der Waals surface area contributed by atoms with Crippen molar-refractivity contribution in [3.63, 3.8) is 0 Å². The Kier molecular flexibility index (Phi) is 5.63. The van der Waals surface area contributed by atoms with Crippen LogP contribution >= 0.6 is 0 Å². The van der Waals surface area contributed by atoms with Crippen LogP contribution < -0.4 is 10.5 Å². The Bertz CT molecular complexity index is 383. The fraction of sp³-hybridized carbons (Fsp3) is 0.600. The third kappa shape index (κ3) is 4.20. The van der Waals surface area contributed by atoms with Gasteiger partial charge in [-0.2, -0.15) is 0 Å². The summed E-state index contributed by atoms with van der Waals surface area (Å²) in [5.41, 5.74) is 7.42. The van der Waals surface area contributed by atoms with E-state index in [0.717, 1.165) is 25.2 Å². The lowest BCUT2D eigenvalue weighted by atomic mass is 9.88. The Morgan fingerprint density at radius 3 is 3.05 bits per heavy atom. The number of hydrogen-bond acceptors (Lipinski definition) is 4. The highest BCUT2D eigenvalue weighted by Crippen LogP contribution is 2.35. The lowest BCUT2D eigenvalue weighted by Gasteiger charge is -2.27. The van der Waals surface area contributed by atoms with Gasteiger partial charge in [0.25, 0.3) is 0 Å². The van der Waals surface area contributed by atoms with Gasteiger partial charge in [0.05, 0.1) is 26.4 Å². The summed E-state index contributed by atoms with van der Waals surface area (Å²) in [6, 6.07) is 8.30. The van der Waals surface area contributed by atoms with Crippen LogP contribution in [0.2, 0.25) is 0 Å². The molecule has 1 aliphatic rings. The minimum atomic E-state index is 0.0630. The summed E-state index contributed by atoms with van der Waals surface area (Å²) in [5, 5.41) is 0. The Hall–Kier alpha value is -1.10. The summed E-state index contributed by atoms with van der Waals surface area (Å²) in [5.74, 6) is 1.48. The summed E-state index contributed by atoms with van der Waals surface area (Å²) >= 11 is 0. The summed E-state index contributed by atoms with van der Waals surface area (Å²) in [4.78, 5) is 0. The molecule has 0 bridgehead atoms. The van der Waals surface area contributed by atoms with Crippen molar-refractivity contribution in [2.45, 2.75) is 24.8 Å². The van der Waals surface area contributed by atoms with Gasteiger partial charge in [-0.1, -0.05) is 18.2 Å². The summed E-state index contributed by atoms with van der Waals surface area (Å²) in [6.45, 7) is 2.59. The smallest absolute Gasteiger partial charge is 0.122 e. The number of hydrogen-bond donors (Lipinski definition) is 1. The van der Waals surface area contributed by atoms with E-state index in [-0.39, 0.29) is 6.04 Å². The number of para-hydroxylation sites is 1. The normalized spacial score (nSPS) is 19.6. The van der Waals surface area contributed by atoms with E-state index in [1.165, 1.54) is 5.56 Å². The average molecular weight is 265 g/mol. The first-order chi connectivity index (χ1) is 9.31. The Balaban J connectivity index is 1.83. The molecule has 2 unspecified atom stereocenters. The van der Waals surface area contributed by atoms with Crippen LogP contribution in [0.4, 0.5) is 0 Å². The number of benzene rings is 1. The van der Waals surface area contributed by atoms with Crippen LogP contribution in [0.5, 0.6) is 5.75 Å². The molecule has 106 valence electrons. The standard InChI is InChI=1S/C15H23NO3/c1-17-8-9-18-11-13(16)10-12-6-7-19-15-5-3-2-4-14(12)15/h2-5,12-13H,6-11,16H2,1H3. The topological polar surface area (TPSA) is 53.7 Å². The van der Waals surface area contributed by atoms with E-state index in [1.54, 1.807) is 7.11 Å². The van der Waals surface area contributed by atoms with Crippen LogP contribution in [-0.2, 0) is 9.47 Å². The number of ether oxygens (including phenoxy) is 3. The lowest BCUT2D eigenvalue weighted by molar-refractivity contribution is 0.0611. The Labute approximate surface area is 114 Å². The minimum absolute atomic E-state index is 0.0630. The van der Waals surface area contributed by atoms with Gasteiger partial charge in [-0.05, 0) is 30.4 Å². The first-order valence-electron chi connectivity index (χ1n) is 6.85. The molecule has 4 nitrogen and oxygen atoms in total. The van der Waals surface area contributed by atoms with Gasteiger partial charge in [0.2, 0.25) is 0 Å². The van der Waals surface area contributed by atoms with Gasteiger partial charge in [-0.15, -0.1) is 0 Å². The SMILES string of the molecule is COCCOCC(N)CC1CCOc2ccccc21. The van der Waals surface area contributed by atoms with Gasteiger partial charge < -0.3 is 19.9 Å². The lowest BCUT2D eigenvalue weighted by Crippen LogP contribution is -2.30. The molecular formula is C15H23NO3. The van der Waals surface area contributed by atoms with Crippen molar-refractivity contribution in [1.82, 2.24) is 0 Å². The van der Waals surface area contributed by atoms with Crippen molar-refractivity contribution in [2.75, 3.05) is 33.5 Å². The van der Waals surface area contributed by atoms with Gasteiger partial charge >= 0.3 is 0 Å². The Morgan fingerprint density at radius 2 is 2.21 bits per heavy atom. The fourth-order valence-corrected chi connectivity index (χ4v) is 2.47. The molecule has 19 heavy (non-hydrogen) atoms. The van der Waals surface area contributed by atoms with E-state index in [1.807, 2.05) is 12.1 Å². The number of nitrogens with two attached hydrogens (primary N) is 1. The number of rotatable bonds is 7. The Morgan fingerprint density at radius 1 is 1.37 bits per heavy atom. The predicted octanol–water partition coefficient (Wildman–Crippen LogP) is 1.93. The highest BCUT2D eigenvalue weighted by atomic mass is 16.5. The molecule has 0 amide bonds. The van der Waals surface area contributed by atoms with Crippen LogP contribution in [0.25, 0.3) is 0 Å². The zero-order valence-electron chi connectivity index (χ0n) is 11.5. The third-order valence-electron chi connectivity index (χ3n) is 3.43. The highest BCUT2D eigenvalue weighted by molar-refractivity contribution is 5.37. The number of fused-ring (bicyclic) bond motifs is 1. The van der Waals surface area contributed by atoms with Crippen molar-refractivity contribution < 1.29 is 14.2 Å². The number of methoxy groups -OCH3 is 1. The van der Waals surface area contributed by atoms with Gasteiger partial charge in [0.15, 0.2) is 0 Å². The maximum atomic E-state index is 6.14. The molecule has 4 heteroatoms. The maximum absolute atomic E-state index is 6.14. The summed E-state index contributed by atoms with van der Waals surface area (Å²) in [7, 11) is 1.67. The third-order valence-corrected chi connectivity index (χ3v) is 3.43. The van der Waals surface area contributed by atoms with Crippen molar-refractivity contribution in [1.29, 1.82) is 0 Å². The molecule has 0 radical (unpaired) electrons. The average Bonchev–Trinajstić information content (AvgIpc) is 2.44. The van der Waals surface area contributed by atoms with E-state index in [9.17, 15) is 0 Å². The second kappa shape index (κ2) is 7.48. The van der Waals surface area contributed by atoms with Crippen molar-refractivity contribution in [3.05, 3.63) is 29.8 Å². The molecule has 1 aliphatic heterocycles. The molecule has 0 saturated carbocycles. The van der Waals surface area contributed by atoms with Crippen LogP contribution in [0.3, 0.4) is 0 Å². The quantitative estimate of drug-likeness (QED) is 0.765. The first-order valence-corrected chi connectivity index (χ1v) is 6.85. The summed E-state index contributed by atoms with van der Waals surface area (Å²) in [6.07, 6.45) is 1.97. The molecule has 2 N–H and O–H groups in total. The van der Waals surface area contributed by atoms with Crippen molar-refractivity contribution in [3.8, 4) is 5.75 Å². The molecule has 2 rings (SSSR count). The van der Waals surface area contributed by atoms with Crippen LogP contribution in [0.15, 0.2) is 24.3 Å². The second-order valence-electron chi connectivity index (χ2n) is 4.94. The van der Waals surface area contributed by atoms with Gasteiger partial charge in [-0.25, -0.2) is 0 Å². The predicted molar refractivity (Wildman–Crippen MR) is 74.6 cm³/mol. The maximum Gasteiger partial charge on any atom is 0.122 e. The van der Waals surface area contributed by atoms with Gasteiger partial charge in [0.1, 0.15) is 5.75 Å². The molecule has 1 aromatic carbocycles. The van der Waals surface area contributed by atoms with Crippen LogP contribution in [0, 0.1) is 0 Å². The van der Waals surface area contributed by atoms with E-state index in [2.05, 4.69) is 12.1 Å². The molecule has 0 aliphatic carbocycles. The second-order valence-corrected chi connectivity index (χ2v) is 4.94. The molecular weight excluding hydrogens is 242 g/mol. The van der Waals surface area contributed by atoms with Crippen LogP contribution in [-0.4, -0.2) is 39.6 Å². The van der Waals surface area contributed by atoms with Crippen molar-refractivity contribution >= 4 is 0 Å². The molecule has 1 aromatic rings. The van der Waals surface area contributed by atoms with E-state index in [0.29, 0.717) is 25.7 Å².